The summed E-state index contributed by atoms with van der Waals surface area (Å²) in [6.45, 7) is 7.91. The molecular weight excluding hydrogens is 300 g/mol. The van der Waals surface area contributed by atoms with Crippen LogP contribution in [0.4, 0.5) is 0 Å². The van der Waals surface area contributed by atoms with Crippen molar-refractivity contribution in [1.82, 2.24) is 19.6 Å². The molecule has 0 aliphatic carbocycles. The lowest BCUT2D eigenvalue weighted by molar-refractivity contribution is 0.103. The summed E-state index contributed by atoms with van der Waals surface area (Å²) in [5.74, 6) is 0.939. The van der Waals surface area contributed by atoms with Gasteiger partial charge in [0, 0.05) is 52.0 Å². The number of aryl methyl sites for hydroxylation is 1. The van der Waals surface area contributed by atoms with Gasteiger partial charge in [0.05, 0.1) is 13.3 Å². The van der Waals surface area contributed by atoms with Crippen LogP contribution in [0.2, 0.25) is 0 Å². The molecule has 3 rings (SSSR count). The average molecular weight is 328 g/mol. The van der Waals surface area contributed by atoms with Crippen LogP contribution < -0.4 is 4.74 Å². The topological polar surface area (TPSA) is 33.5 Å². The second-order valence-electron chi connectivity index (χ2n) is 6.60. The van der Waals surface area contributed by atoms with Gasteiger partial charge in [0.2, 0.25) is 0 Å². The Morgan fingerprint density at radius 1 is 1.21 bits per heavy atom. The second kappa shape index (κ2) is 7.81. The first-order valence-electron chi connectivity index (χ1n) is 8.73. The molecule has 0 spiro atoms. The number of hydrogen-bond acceptors (Lipinski definition) is 4. The van der Waals surface area contributed by atoms with Crippen molar-refractivity contribution in [2.45, 2.75) is 19.4 Å². The van der Waals surface area contributed by atoms with Crippen LogP contribution in [0, 0.1) is 0 Å². The molecule has 2 aromatic rings. The van der Waals surface area contributed by atoms with E-state index in [4.69, 9.17) is 4.74 Å². The zero-order valence-corrected chi connectivity index (χ0v) is 15.0. The Balaban J connectivity index is 1.49. The van der Waals surface area contributed by atoms with Crippen LogP contribution in [0.25, 0.3) is 0 Å². The molecule has 1 fully saturated rings. The van der Waals surface area contributed by atoms with Gasteiger partial charge in [-0.1, -0.05) is 12.1 Å². The summed E-state index contributed by atoms with van der Waals surface area (Å²) in [6.07, 6.45) is 5.17. The zero-order chi connectivity index (χ0) is 16.9. The highest BCUT2D eigenvalue weighted by Crippen LogP contribution is 2.24. The Morgan fingerprint density at radius 2 is 2.00 bits per heavy atom. The lowest BCUT2D eigenvalue weighted by Gasteiger charge is -2.38. The van der Waals surface area contributed by atoms with E-state index in [1.807, 2.05) is 24.0 Å². The Bertz CT molecular complexity index is 646. The number of nitrogens with zero attached hydrogens (tertiary/aromatic N) is 4. The minimum Gasteiger partial charge on any atom is -0.497 e. The molecule has 24 heavy (non-hydrogen) atoms. The number of ether oxygens (including phenoxy) is 1. The van der Waals surface area contributed by atoms with Gasteiger partial charge in [0.25, 0.3) is 0 Å². The molecule has 1 atom stereocenters. The number of piperazine rings is 1. The molecule has 1 aliphatic heterocycles. The van der Waals surface area contributed by atoms with Crippen LogP contribution in [0.3, 0.4) is 0 Å². The molecule has 0 saturated carbocycles. The number of rotatable bonds is 6. The lowest BCUT2D eigenvalue weighted by atomic mass is 10.1. The summed E-state index contributed by atoms with van der Waals surface area (Å²) < 4.78 is 7.23. The molecule has 1 aromatic carbocycles. The molecule has 130 valence electrons. The molecule has 5 heteroatoms. The van der Waals surface area contributed by atoms with Crippen molar-refractivity contribution < 1.29 is 4.74 Å². The van der Waals surface area contributed by atoms with Gasteiger partial charge < -0.3 is 9.64 Å². The van der Waals surface area contributed by atoms with E-state index < -0.39 is 0 Å². The highest BCUT2D eigenvalue weighted by atomic mass is 16.5. The van der Waals surface area contributed by atoms with Crippen molar-refractivity contribution in [3.8, 4) is 5.75 Å². The normalized spacial score (nSPS) is 17.8. The molecule has 0 amide bonds. The fourth-order valence-corrected chi connectivity index (χ4v) is 3.37. The predicted octanol–water partition coefficient (Wildman–Crippen LogP) is 2.35. The van der Waals surface area contributed by atoms with E-state index in [1.165, 1.54) is 11.1 Å². The Morgan fingerprint density at radius 3 is 2.67 bits per heavy atom. The van der Waals surface area contributed by atoms with E-state index in [0.29, 0.717) is 6.04 Å². The van der Waals surface area contributed by atoms with Gasteiger partial charge >= 0.3 is 0 Å². The van der Waals surface area contributed by atoms with E-state index in [1.54, 1.807) is 7.11 Å². The van der Waals surface area contributed by atoms with Crippen LogP contribution in [0.15, 0.2) is 36.7 Å². The zero-order valence-electron chi connectivity index (χ0n) is 15.0. The van der Waals surface area contributed by atoms with Crippen molar-refractivity contribution in [3.05, 3.63) is 47.8 Å². The molecular formula is C19H28N4O. The van der Waals surface area contributed by atoms with Crippen molar-refractivity contribution in [2.75, 3.05) is 39.8 Å². The van der Waals surface area contributed by atoms with E-state index in [9.17, 15) is 0 Å². The predicted molar refractivity (Wildman–Crippen MR) is 96.3 cm³/mol. The molecule has 1 aromatic heterocycles. The van der Waals surface area contributed by atoms with Crippen LogP contribution in [0.5, 0.6) is 5.75 Å². The summed E-state index contributed by atoms with van der Waals surface area (Å²) in [7, 11) is 3.70. The molecule has 1 aliphatic rings. The van der Waals surface area contributed by atoms with Gasteiger partial charge in [-0.2, -0.15) is 5.10 Å². The van der Waals surface area contributed by atoms with Gasteiger partial charge in [-0.05, 0) is 36.6 Å². The minimum absolute atomic E-state index is 0.431. The van der Waals surface area contributed by atoms with Gasteiger partial charge in [-0.3, -0.25) is 9.58 Å². The Labute approximate surface area is 144 Å². The third-order valence-electron chi connectivity index (χ3n) is 5.01. The number of hydrogen-bond donors (Lipinski definition) is 0. The first kappa shape index (κ1) is 17.0. The summed E-state index contributed by atoms with van der Waals surface area (Å²) in [6, 6.07) is 8.86. The monoisotopic (exact) mass is 328 g/mol. The number of methoxy groups -OCH3 is 1. The van der Waals surface area contributed by atoms with Crippen molar-refractivity contribution in [1.29, 1.82) is 0 Å². The summed E-state index contributed by atoms with van der Waals surface area (Å²) in [4.78, 5) is 5.12. The Hall–Kier alpha value is -1.85. The molecule has 0 bridgehead atoms. The molecule has 0 radical (unpaired) electrons. The first-order chi connectivity index (χ1) is 11.7. The molecule has 5 nitrogen and oxygen atoms in total. The molecule has 0 unspecified atom stereocenters. The van der Waals surface area contributed by atoms with E-state index in [-0.39, 0.29) is 0 Å². The van der Waals surface area contributed by atoms with Crippen LogP contribution in [-0.4, -0.2) is 59.4 Å². The van der Waals surface area contributed by atoms with Gasteiger partial charge in [0.1, 0.15) is 5.75 Å². The quantitative estimate of drug-likeness (QED) is 0.815. The third-order valence-corrected chi connectivity index (χ3v) is 5.01. The highest BCUT2D eigenvalue weighted by molar-refractivity contribution is 5.30. The first-order valence-corrected chi connectivity index (χ1v) is 8.73. The number of benzene rings is 1. The van der Waals surface area contributed by atoms with Crippen molar-refractivity contribution >= 4 is 0 Å². The lowest BCUT2D eigenvalue weighted by Crippen LogP contribution is -2.47. The Kier molecular flexibility index (Phi) is 5.53. The maximum absolute atomic E-state index is 5.35. The van der Waals surface area contributed by atoms with Crippen molar-refractivity contribution in [3.63, 3.8) is 0 Å². The van der Waals surface area contributed by atoms with E-state index in [2.05, 4.69) is 46.2 Å². The fraction of sp³-hybridized carbons (Fsp3) is 0.526. The standard InChI is InChI=1S/C19H28N4O/c1-16(18-5-4-6-19(13-18)24-3)23-11-9-22(10-12-23)8-7-17-14-20-21(2)15-17/h4-6,13-16H,7-12H2,1-3H3/t16-/m1/s1. The van der Waals surface area contributed by atoms with Gasteiger partial charge in [-0.15, -0.1) is 0 Å². The summed E-state index contributed by atoms with van der Waals surface area (Å²) in [5.41, 5.74) is 2.66. The van der Waals surface area contributed by atoms with E-state index in [0.717, 1.165) is 44.9 Å². The summed E-state index contributed by atoms with van der Waals surface area (Å²) >= 11 is 0. The van der Waals surface area contributed by atoms with Crippen LogP contribution >= 0.6 is 0 Å². The highest BCUT2D eigenvalue weighted by Gasteiger charge is 2.22. The largest absolute Gasteiger partial charge is 0.497 e. The maximum Gasteiger partial charge on any atom is 0.119 e. The molecule has 0 N–H and O–H groups in total. The SMILES string of the molecule is COc1cccc([C@@H](C)N2CCN(CCc3cnn(C)c3)CC2)c1. The summed E-state index contributed by atoms with van der Waals surface area (Å²) in [5, 5.41) is 4.24. The second-order valence-corrected chi connectivity index (χ2v) is 6.60. The fourth-order valence-electron chi connectivity index (χ4n) is 3.37. The van der Waals surface area contributed by atoms with Crippen molar-refractivity contribution in [2.24, 2.45) is 7.05 Å². The molecule has 2 heterocycles. The van der Waals surface area contributed by atoms with Crippen LogP contribution in [0.1, 0.15) is 24.1 Å². The average Bonchev–Trinajstić information content (AvgIpc) is 3.05. The van der Waals surface area contributed by atoms with Gasteiger partial charge in [0.15, 0.2) is 0 Å². The third kappa shape index (κ3) is 4.16. The number of aromatic nitrogens is 2. The minimum atomic E-state index is 0.431. The maximum atomic E-state index is 5.35. The van der Waals surface area contributed by atoms with Crippen LogP contribution in [-0.2, 0) is 13.5 Å². The molecule has 1 saturated heterocycles. The van der Waals surface area contributed by atoms with E-state index >= 15 is 0 Å². The van der Waals surface area contributed by atoms with Gasteiger partial charge in [-0.25, -0.2) is 0 Å². The smallest absolute Gasteiger partial charge is 0.119 e.